The molecule has 0 aliphatic rings. The second kappa shape index (κ2) is 7.11. The molecular formula is C18H15BrF3N3O. The number of carbonyl (C=O) groups is 1. The van der Waals surface area contributed by atoms with Crippen LogP contribution in [0, 0.1) is 0 Å². The summed E-state index contributed by atoms with van der Waals surface area (Å²) >= 11 is 3.40. The van der Waals surface area contributed by atoms with Crippen LogP contribution in [0.3, 0.4) is 0 Å². The van der Waals surface area contributed by atoms with Gasteiger partial charge in [0.25, 0.3) is 0 Å². The van der Waals surface area contributed by atoms with E-state index in [1.54, 1.807) is 19.1 Å². The van der Waals surface area contributed by atoms with Crippen molar-refractivity contribution < 1.29 is 18.0 Å². The summed E-state index contributed by atoms with van der Waals surface area (Å²) in [6, 6.07) is 13.2. The molecule has 1 atom stereocenters. The third-order valence-electron chi connectivity index (χ3n) is 3.96. The zero-order valence-electron chi connectivity index (χ0n) is 13.7. The van der Waals surface area contributed by atoms with Gasteiger partial charge in [-0.1, -0.05) is 46.3 Å². The van der Waals surface area contributed by atoms with Crippen LogP contribution in [0.4, 0.5) is 13.2 Å². The van der Waals surface area contributed by atoms with Crippen molar-refractivity contribution in [3.05, 3.63) is 64.4 Å². The largest absolute Gasteiger partial charge is 0.449 e. The number of hydrogen-bond acceptors (Lipinski definition) is 2. The lowest BCUT2D eigenvalue weighted by molar-refractivity contribution is -0.147. The Morgan fingerprint density at radius 1 is 1.19 bits per heavy atom. The number of imidazole rings is 1. The minimum atomic E-state index is -4.65. The Labute approximate surface area is 156 Å². The van der Waals surface area contributed by atoms with Crippen molar-refractivity contribution in [2.24, 2.45) is 0 Å². The van der Waals surface area contributed by atoms with E-state index in [0.717, 1.165) is 14.6 Å². The number of benzene rings is 2. The summed E-state index contributed by atoms with van der Waals surface area (Å²) in [6.07, 6.45) is -4.65. The molecule has 2 aromatic carbocycles. The molecule has 4 nitrogen and oxygen atoms in total. The number of para-hydroxylation sites is 2. The molecule has 0 aliphatic heterocycles. The number of rotatable bonds is 4. The molecule has 0 saturated carbocycles. The molecule has 0 fully saturated rings. The van der Waals surface area contributed by atoms with Gasteiger partial charge in [-0.05, 0) is 30.7 Å². The molecule has 0 radical (unpaired) electrons. The van der Waals surface area contributed by atoms with Crippen molar-refractivity contribution >= 4 is 32.9 Å². The topological polar surface area (TPSA) is 46.9 Å². The van der Waals surface area contributed by atoms with Crippen LogP contribution in [0.2, 0.25) is 0 Å². The van der Waals surface area contributed by atoms with Gasteiger partial charge in [0.15, 0.2) is 0 Å². The summed E-state index contributed by atoms with van der Waals surface area (Å²) in [4.78, 5) is 16.0. The van der Waals surface area contributed by atoms with Gasteiger partial charge in [-0.15, -0.1) is 0 Å². The highest BCUT2D eigenvalue weighted by molar-refractivity contribution is 9.10. The minimum absolute atomic E-state index is 0.200. The number of amides is 1. The lowest BCUT2D eigenvalue weighted by Crippen LogP contribution is -2.31. The molecule has 3 rings (SSSR count). The maximum atomic E-state index is 13.3. The maximum absolute atomic E-state index is 13.3. The van der Waals surface area contributed by atoms with Crippen molar-refractivity contribution in [3.8, 4) is 0 Å². The Morgan fingerprint density at radius 3 is 2.54 bits per heavy atom. The van der Waals surface area contributed by atoms with E-state index in [-0.39, 0.29) is 17.1 Å². The van der Waals surface area contributed by atoms with Crippen molar-refractivity contribution in [2.75, 3.05) is 0 Å². The number of halogens is 4. The van der Waals surface area contributed by atoms with Gasteiger partial charge in [-0.25, -0.2) is 4.98 Å². The monoisotopic (exact) mass is 425 g/mol. The van der Waals surface area contributed by atoms with Gasteiger partial charge in [0.2, 0.25) is 11.7 Å². The standard InChI is InChI=1S/C18H15BrF3N3O/c1-11(12-6-2-3-7-13(12)19)23-16(26)10-25-15-9-5-4-8-14(15)24-17(25)18(20,21)22/h2-9,11H,10H2,1H3,(H,23,26). The number of aromatic nitrogens is 2. The van der Waals surface area contributed by atoms with Gasteiger partial charge in [0.1, 0.15) is 6.54 Å². The molecule has 1 amide bonds. The predicted molar refractivity (Wildman–Crippen MR) is 95.4 cm³/mol. The maximum Gasteiger partial charge on any atom is 0.449 e. The summed E-state index contributed by atoms with van der Waals surface area (Å²) in [5, 5.41) is 2.73. The van der Waals surface area contributed by atoms with E-state index in [9.17, 15) is 18.0 Å². The Morgan fingerprint density at radius 2 is 1.85 bits per heavy atom. The minimum Gasteiger partial charge on any atom is -0.348 e. The number of nitrogens with one attached hydrogen (secondary N) is 1. The molecule has 0 spiro atoms. The van der Waals surface area contributed by atoms with E-state index in [0.29, 0.717) is 0 Å². The second-order valence-electron chi connectivity index (χ2n) is 5.82. The molecule has 1 unspecified atom stereocenters. The summed E-state index contributed by atoms with van der Waals surface area (Å²) < 4.78 is 41.6. The lowest BCUT2D eigenvalue weighted by Gasteiger charge is -2.17. The predicted octanol–water partition coefficient (Wildman–Crippen LogP) is 4.70. The Hall–Kier alpha value is -2.35. The van der Waals surface area contributed by atoms with Crippen molar-refractivity contribution in [2.45, 2.75) is 25.7 Å². The van der Waals surface area contributed by atoms with Crippen LogP contribution in [0.15, 0.2) is 53.0 Å². The number of alkyl halides is 3. The summed E-state index contributed by atoms with van der Waals surface area (Å²) in [5.74, 6) is -1.61. The number of carbonyl (C=O) groups excluding carboxylic acids is 1. The second-order valence-corrected chi connectivity index (χ2v) is 6.67. The summed E-state index contributed by atoms with van der Waals surface area (Å²) in [5.41, 5.74) is 1.31. The van der Waals surface area contributed by atoms with Gasteiger partial charge >= 0.3 is 6.18 Å². The van der Waals surface area contributed by atoms with Crippen LogP contribution in [0.1, 0.15) is 24.4 Å². The van der Waals surface area contributed by atoms with E-state index < -0.39 is 24.5 Å². The first kappa shape index (κ1) is 18.4. The molecule has 3 aromatic rings. The van der Waals surface area contributed by atoms with E-state index in [4.69, 9.17) is 0 Å². The number of fused-ring (bicyclic) bond motifs is 1. The highest BCUT2D eigenvalue weighted by Crippen LogP contribution is 2.31. The molecule has 1 aromatic heterocycles. The fraction of sp³-hybridized carbons (Fsp3) is 0.222. The van der Waals surface area contributed by atoms with Crippen LogP contribution in [-0.4, -0.2) is 15.5 Å². The third-order valence-corrected chi connectivity index (χ3v) is 4.68. The summed E-state index contributed by atoms with van der Waals surface area (Å²) in [7, 11) is 0. The molecule has 0 saturated heterocycles. The van der Waals surface area contributed by atoms with E-state index in [1.807, 2.05) is 24.3 Å². The first-order chi connectivity index (χ1) is 12.3. The molecular weight excluding hydrogens is 411 g/mol. The zero-order valence-corrected chi connectivity index (χ0v) is 15.3. The molecule has 0 bridgehead atoms. The molecule has 1 N–H and O–H groups in total. The fourth-order valence-corrected chi connectivity index (χ4v) is 3.41. The van der Waals surface area contributed by atoms with Gasteiger partial charge in [-0.2, -0.15) is 13.2 Å². The number of nitrogens with zero attached hydrogens (tertiary/aromatic N) is 2. The number of hydrogen-bond donors (Lipinski definition) is 1. The molecule has 26 heavy (non-hydrogen) atoms. The highest BCUT2D eigenvalue weighted by atomic mass is 79.9. The lowest BCUT2D eigenvalue weighted by atomic mass is 10.1. The van der Waals surface area contributed by atoms with E-state index in [1.165, 1.54) is 12.1 Å². The van der Waals surface area contributed by atoms with Crippen LogP contribution < -0.4 is 5.32 Å². The normalized spacial score (nSPS) is 13.0. The van der Waals surface area contributed by atoms with Crippen molar-refractivity contribution in [1.82, 2.24) is 14.9 Å². The van der Waals surface area contributed by atoms with Crippen LogP contribution in [0.5, 0.6) is 0 Å². The van der Waals surface area contributed by atoms with Crippen LogP contribution >= 0.6 is 15.9 Å². The average Bonchev–Trinajstić information content (AvgIpc) is 2.94. The average molecular weight is 426 g/mol. The van der Waals surface area contributed by atoms with Crippen LogP contribution in [0.25, 0.3) is 11.0 Å². The first-order valence-corrected chi connectivity index (χ1v) is 8.63. The fourth-order valence-electron chi connectivity index (χ4n) is 2.79. The smallest absolute Gasteiger partial charge is 0.348 e. The van der Waals surface area contributed by atoms with E-state index in [2.05, 4.69) is 26.2 Å². The van der Waals surface area contributed by atoms with Crippen molar-refractivity contribution in [3.63, 3.8) is 0 Å². The Kier molecular flexibility index (Phi) is 5.04. The van der Waals surface area contributed by atoms with Gasteiger partial charge < -0.3 is 9.88 Å². The van der Waals surface area contributed by atoms with E-state index >= 15 is 0 Å². The quantitative estimate of drug-likeness (QED) is 0.658. The molecule has 136 valence electrons. The zero-order chi connectivity index (χ0) is 18.9. The molecule has 0 aliphatic carbocycles. The van der Waals surface area contributed by atoms with Gasteiger partial charge in [-0.3, -0.25) is 4.79 Å². The van der Waals surface area contributed by atoms with Crippen LogP contribution in [-0.2, 0) is 17.5 Å². The first-order valence-electron chi connectivity index (χ1n) is 7.83. The Balaban J connectivity index is 1.86. The SMILES string of the molecule is CC(NC(=O)Cn1c(C(F)(F)F)nc2ccccc21)c1ccccc1Br. The Bertz CT molecular complexity index is 952. The van der Waals surface area contributed by atoms with Gasteiger partial charge in [0.05, 0.1) is 17.1 Å². The molecule has 1 heterocycles. The highest BCUT2D eigenvalue weighted by Gasteiger charge is 2.38. The van der Waals surface area contributed by atoms with Crippen molar-refractivity contribution in [1.29, 1.82) is 0 Å². The van der Waals surface area contributed by atoms with Gasteiger partial charge in [0, 0.05) is 4.47 Å². The molecule has 8 heteroatoms. The third kappa shape index (κ3) is 3.75. The summed E-state index contributed by atoms with van der Waals surface area (Å²) in [6.45, 7) is 1.30.